The van der Waals surface area contributed by atoms with Gasteiger partial charge in [0.2, 0.25) is 0 Å². The minimum Gasteiger partial charge on any atom is -0.465 e. The van der Waals surface area contributed by atoms with E-state index in [-0.39, 0.29) is 17.5 Å². The van der Waals surface area contributed by atoms with Crippen molar-refractivity contribution >= 4 is 44.8 Å². The minimum absolute atomic E-state index is 0.0654. The molecule has 0 atom stereocenters. The topological polar surface area (TPSA) is 117 Å². The minimum atomic E-state index is -0.459. The monoisotopic (exact) mass is 461 g/mol. The van der Waals surface area contributed by atoms with Crippen LogP contribution in [0.25, 0.3) is 10.2 Å². The maximum atomic E-state index is 12.6. The molecule has 4 heterocycles. The predicted octanol–water partition coefficient (Wildman–Crippen LogP) is 2.24. The summed E-state index contributed by atoms with van der Waals surface area (Å²) in [5, 5.41) is 3.53. The highest BCUT2D eigenvalue weighted by atomic mass is 32.1. The number of H-pyrrole nitrogens is 1. The van der Waals surface area contributed by atoms with Crippen LogP contribution in [0.2, 0.25) is 0 Å². The Morgan fingerprint density at radius 1 is 1.29 bits per heavy atom. The zero-order valence-corrected chi connectivity index (χ0v) is 19.1. The number of amides is 1. The molecule has 2 N–H and O–H groups in total. The molecule has 0 aliphatic carbocycles. The fourth-order valence-corrected chi connectivity index (χ4v) is 5.59. The zero-order valence-electron chi connectivity index (χ0n) is 17.5. The Morgan fingerprint density at radius 2 is 2.03 bits per heavy atom. The number of aromatic nitrogens is 3. The molecule has 9 nitrogen and oxygen atoms in total. The number of hydrogen-bond acceptors (Lipinski definition) is 9. The molecule has 0 saturated carbocycles. The summed E-state index contributed by atoms with van der Waals surface area (Å²) in [5.41, 5.74) is 2.79. The van der Waals surface area contributed by atoms with Crippen molar-refractivity contribution in [2.24, 2.45) is 0 Å². The van der Waals surface area contributed by atoms with E-state index in [1.165, 1.54) is 29.8 Å². The molecule has 0 spiro atoms. The Morgan fingerprint density at radius 3 is 2.68 bits per heavy atom. The number of hydrogen-bond donors (Lipinski definition) is 2. The molecule has 0 unspecified atom stereocenters. The van der Waals surface area contributed by atoms with Gasteiger partial charge in [0.1, 0.15) is 20.4 Å². The van der Waals surface area contributed by atoms with Crippen LogP contribution in [0.5, 0.6) is 0 Å². The summed E-state index contributed by atoms with van der Waals surface area (Å²) in [6, 6.07) is 0.113. The second kappa shape index (κ2) is 8.85. The summed E-state index contributed by atoms with van der Waals surface area (Å²) in [6.45, 7) is 5.64. The van der Waals surface area contributed by atoms with Crippen LogP contribution in [0.3, 0.4) is 0 Å². The van der Waals surface area contributed by atoms with Gasteiger partial charge in [-0.2, -0.15) is 0 Å². The molecule has 1 aliphatic heterocycles. The van der Waals surface area contributed by atoms with Crippen molar-refractivity contribution in [2.75, 3.05) is 20.2 Å². The van der Waals surface area contributed by atoms with Gasteiger partial charge in [-0.25, -0.2) is 14.8 Å². The Balaban J connectivity index is 1.40. The van der Waals surface area contributed by atoms with Gasteiger partial charge in [-0.1, -0.05) is 0 Å². The van der Waals surface area contributed by atoms with Crippen LogP contribution in [0.15, 0.2) is 10.3 Å². The van der Waals surface area contributed by atoms with Crippen molar-refractivity contribution in [3.63, 3.8) is 0 Å². The van der Waals surface area contributed by atoms with E-state index in [9.17, 15) is 14.4 Å². The van der Waals surface area contributed by atoms with Crippen LogP contribution in [0.1, 0.15) is 49.3 Å². The lowest BCUT2D eigenvalue weighted by Gasteiger charge is -2.31. The molecular formula is C20H23N5O4S2. The smallest absolute Gasteiger partial charge is 0.348 e. The maximum Gasteiger partial charge on any atom is 0.348 e. The molecule has 0 aromatic carbocycles. The van der Waals surface area contributed by atoms with Crippen LogP contribution in [-0.2, 0) is 11.3 Å². The summed E-state index contributed by atoms with van der Waals surface area (Å²) in [6.07, 6.45) is 1.64. The first-order chi connectivity index (χ1) is 14.9. The van der Waals surface area contributed by atoms with Crippen molar-refractivity contribution in [1.29, 1.82) is 0 Å². The first-order valence-electron chi connectivity index (χ1n) is 9.91. The van der Waals surface area contributed by atoms with Crippen LogP contribution in [0, 0.1) is 13.8 Å². The van der Waals surface area contributed by atoms with Crippen molar-refractivity contribution in [3.05, 3.63) is 42.7 Å². The number of thiophene rings is 1. The van der Waals surface area contributed by atoms with Crippen molar-refractivity contribution in [1.82, 2.24) is 25.2 Å². The molecule has 3 aromatic heterocycles. The fraction of sp³-hybridized carbons (Fsp3) is 0.450. The van der Waals surface area contributed by atoms with E-state index in [4.69, 9.17) is 4.74 Å². The van der Waals surface area contributed by atoms with E-state index < -0.39 is 5.97 Å². The lowest BCUT2D eigenvalue weighted by molar-refractivity contribution is 0.0605. The molecule has 164 valence electrons. The van der Waals surface area contributed by atoms with E-state index in [1.54, 1.807) is 12.4 Å². The molecule has 31 heavy (non-hydrogen) atoms. The van der Waals surface area contributed by atoms with Crippen LogP contribution in [-0.4, -0.2) is 58.0 Å². The van der Waals surface area contributed by atoms with Crippen molar-refractivity contribution < 1.29 is 14.3 Å². The number of ether oxygens (including phenoxy) is 1. The van der Waals surface area contributed by atoms with Gasteiger partial charge in [0.15, 0.2) is 0 Å². The number of methoxy groups -OCH3 is 1. The third-order valence-corrected chi connectivity index (χ3v) is 7.56. The number of nitrogens with zero attached hydrogens (tertiary/aromatic N) is 3. The molecule has 1 amide bonds. The number of aromatic amines is 1. The molecule has 0 radical (unpaired) electrons. The molecule has 1 aliphatic rings. The van der Waals surface area contributed by atoms with Gasteiger partial charge in [-0.15, -0.1) is 22.7 Å². The summed E-state index contributed by atoms with van der Waals surface area (Å²) in [4.78, 5) is 52.3. The Bertz CT molecular complexity index is 1190. The van der Waals surface area contributed by atoms with E-state index in [2.05, 4.69) is 25.2 Å². The van der Waals surface area contributed by atoms with E-state index in [1.807, 2.05) is 6.92 Å². The highest BCUT2D eigenvalue weighted by Crippen LogP contribution is 2.27. The predicted molar refractivity (Wildman–Crippen MR) is 119 cm³/mol. The lowest BCUT2D eigenvalue weighted by atomic mass is 10.0. The number of rotatable bonds is 5. The number of fused-ring (bicyclic) bond motifs is 1. The highest BCUT2D eigenvalue weighted by molar-refractivity contribution is 7.20. The van der Waals surface area contributed by atoms with E-state index >= 15 is 0 Å². The van der Waals surface area contributed by atoms with Gasteiger partial charge in [0, 0.05) is 19.1 Å². The second-order valence-corrected chi connectivity index (χ2v) is 9.39. The maximum absolute atomic E-state index is 12.6. The fourth-order valence-electron chi connectivity index (χ4n) is 3.77. The van der Waals surface area contributed by atoms with Gasteiger partial charge in [-0.05, 0) is 32.3 Å². The summed E-state index contributed by atoms with van der Waals surface area (Å²) in [5.74, 6) is 0.0430. The highest BCUT2D eigenvalue weighted by Gasteiger charge is 2.24. The Hall–Kier alpha value is -2.63. The average molecular weight is 462 g/mol. The first-order valence-corrected chi connectivity index (χ1v) is 11.6. The van der Waals surface area contributed by atoms with Gasteiger partial charge >= 0.3 is 5.97 Å². The number of thiazole rings is 1. The molecule has 1 saturated heterocycles. The first kappa shape index (κ1) is 21.6. The number of likely N-dealkylation sites (tertiary alicyclic amines) is 1. The Kier molecular flexibility index (Phi) is 6.17. The third kappa shape index (κ3) is 4.39. The van der Waals surface area contributed by atoms with Crippen molar-refractivity contribution in [3.8, 4) is 0 Å². The van der Waals surface area contributed by atoms with Gasteiger partial charge in [0.05, 0.1) is 30.2 Å². The Labute approximate surface area is 186 Å². The van der Waals surface area contributed by atoms with Gasteiger partial charge in [0.25, 0.3) is 11.5 Å². The number of nitrogens with one attached hydrogen (secondary N) is 2. The van der Waals surface area contributed by atoms with Crippen LogP contribution < -0.4 is 10.9 Å². The number of aryl methyl sites for hydroxylation is 2. The molecule has 3 aromatic rings. The van der Waals surface area contributed by atoms with Gasteiger partial charge < -0.3 is 15.0 Å². The van der Waals surface area contributed by atoms with Crippen LogP contribution in [0.4, 0.5) is 0 Å². The third-order valence-electron chi connectivity index (χ3n) is 5.47. The van der Waals surface area contributed by atoms with Gasteiger partial charge in [-0.3, -0.25) is 14.5 Å². The number of esters is 1. The standard InChI is InChI=1S/C20H23N5O4S2/c1-10-14-17(26)23-13(24-19(14)31-15(10)20(28)29-3)8-25-6-4-12(5-7-25)22-18(27)16-11(2)21-9-30-16/h9,12H,4-8H2,1-3H3,(H,22,27)(H,23,24,26). The summed E-state index contributed by atoms with van der Waals surface area (Å²) < 4.78 is 4.80. The SMILES string of the molecule is COC(=O)c1sc2nc(CN3CCC(NC(=O)c4scnc4C)CC3)[nH]c(=O)c2c1C. The van der Waals surface area contributed by atoms with Crippen LogP contribution >= 0.6 is 22.7 Å². The number of carbonyl (C=O) groups excluding carboxylic acids is 2. The quantitative estimate of drug-likeness (QED) is 0.560. The second-order valence-electron chi connectivity index (χ2n) is 7.53. The molecule has 0 bridgehead atoms. The summed E-state index contributed by atoms with van der Waals surface area (Å²) >= 11 is 2.53. The summed E-state index contributed by atoms with van der Waals surface area (Å²) in [7, 11) is 1.32. The molecule has 1 fully saturated rings. The number of carbonyl (C=O) groups is 2. The van der Waals surface area contributed by atoms with E-state index in [0.717, 1.165) is 31.6 Å². The molecular weight excluding hydrogens is 438 g/mol. The van der Waals surface area contributed by atoms with E-state index in [0.29, 0.717) is 37.9 Å². The molecule has 4 rings (SSSR count). The largest absolute Gasteiger partial charge is 0.465 e. The number of piperidine rings is 1. The van der Waals surface area contributed by atoms with Crippen molar-refractivity contribution in [2.45, 2.75) is 39.3 Å². The normalized spacial score (nSPS) is 15.3. The molecule has 11 heteroatoms. The lowest BCUT2D eigenvalue weighted by Crippen LogP contribution is -2.44. The zero-order chi connectivity index (χ0) is 22.1. The average Bonchev–Trinajstić information content (AvgIpc) is 3.32.